The molecular weight excluding hydrogens is 268 g/mol. The fourth-order valence-corrected chi connectivity index (χ4v) is 3.97. The van der Waals surface area contributed by atoms with Gasteiger partial charge in [0.2, 0.25) is 0 Å². The first-order valence-electron chi connectivity index (χ1n) is 8.14. The van der Waals surface area contributed by atoms with E-state index in [1.807, 2.05) is 6.92 Å². The molecule has 0 N–H and O–H groups in total. The van der Waals surface area contributed by atoms with Crippen LogP contribution in [0.1, 0.15) is 47.5 Å². The van der Waals surface area contributed by atoms with Crippen molar-refractivity contribution < 1.29 is 18.9 Å². The number of methoxy groups -OCH3 is 2. The molecule has 0 aromatic heterocycles. The van der Waals surface area contributed by atoms with Crippen LogP contribution in [0.5, 0.6) is 0 Å². The fourth-order valence-electron chi connectivity index (χ4n) is 3.97. The predicted molar refractivity (Wildman–Crippen MR) is 81.8 cm³/mol. The molecular formula is C17H32O4. The first-order chi connectivity index (χ1) is 9.77. The van der Waals surface area contributed by atoms with Crippen LogP contribution in [0.25, 0.3) is 0 Å². The molecule has 0 heterocycles. The number of ether oxygens (including phenoxy) is 4. The Morgan fingerprint density at radius 2 is 1.62 bits per heavy atom. The van der Waals surface area contributed by atoms with Crippen molar-refractivity contribution in [1.82, 2.24) is 0 Å². The minimum Gasteiger partial charge on any atom is -0.356 e. The Balaban J connectivity index is 2.09. The Hall–Kier alpha value is -0.160. The highest BCUT2D eigenvalue weighted by Crippen LogP contribution is 2.51. The monoisotopic (exact) mass is 300 g/mol. The number of rotatable bonds is 6. The predicted octanol–water partition coefficient (Wildman–Crippen LogP) is 3.44. The van der Waals surface area contributed by atoms with Crippen LogP contribution in [0.4, 0.5) is 0 Å². The maximum Gasteiger partial charge on any atom is 0.162 e. The summed E-state index contributed by atoms with van der Waals surface area (Å²) in [5, 5.41) is 0. The van der Waals surface area contributed by atoms with Crippen LogP contribution < -0.4 is 0 Å². The van der Waals surface area contributed by atoms with Crippen LogP contribution in [-0.2, 0) is 18.9 Å². The van der Waals surface area contributed by atoms with E-state index in [0.29, 0.717) is 17.8 Å². The van der Waals surface area contributed by atoms with E-state index in [0.717, 1.165) is 0 Å². The van der Waals surface area contributed by atoms with Crippen molar-refractivity contribution in [1.29, 1.82) is 0 Å². The van der Waals surface area contributed by atoms with Crippen molar-refractivity contribution in [2.75, 3.05) is 14.2 Å². The standard InChI is InChI=1S/C17H32O4/c1-10-8-12-9-13(10)15(14(12)20-11(2)18-6)21-16(19-7)17(3,4)5/h10-16H,8-9H2,1-7H3. The van der Waals surface area contributed by atoms with Gasteiger partial charge in [-0.25, -0.2) is 0 Å². The molecule has 124 valence electrons. The highest BCUT2D eigenvalue weighted by atomic mass is 16.7. The minimum absolute atomic E-state index is 0.0444. The molecule has 0 aliphatic heterocycles. The summed E-state index contributed by atoms with van der Waals surface area (Å²) in [6.45, 7) is 10.7. The molecule has 2 rings (SSSR count). The van der Waals surface area contributed by atoms with Gasteiger partial charge in [-0.2, -0.15) is 0 Å². The van der Waals surface area contributed by atoms with Gasteiger partial charge in [0.25, 0.3) is 0 Å². The molecule has 0 saturated heterocycles. The van der Waals surface area contributed by atoms with Gasteiger partial charge in [-0.3, -0.25) is 0 Å². The molecule has 0 aromatic carbocycles. The molecule has 0 radical (unpaired) electrons. The van der Waals surface area contributed by atoms with E-state index >= 15 is 0 Å². The zero-order valence-corrected chi connectivity index (χ0v) is 14.6. The molecule has 7 atom stereocenters. The second kappa shape index (κ2) is 6.53. The van der Waals surface area contributed by atoms with E-state index in [9.17, 15) is 0 Å². The zero-order chi connectivity index (χ0) is 15.8. The van der Waals surface area contributed by atoms with Crippen LogP contribution in [0.3, 0.4) is 0 Å². The summed E-state index contributed by atoms with van der Waals surface area (Å²) in [7, 11) is 3.41. The lowest BCUT2D eigenvalue weighted by molar-refractivity contribution is -0.258. The van der Waals surface area contributed by atoms with Gasteiger partial charge in [-0.1, -0.05) is 27.7 Å². The van der Waals surface area contributed by atoms with E-state index in [1.165, 1.54) is 12.8 Å². The Labute approximate surface area is 129 Å². The van der Waals surface area contributed by atoms with Gasteiger partial charge in [-0.05, 0) is 37.5 Å². The lowest BCUT2D eigenvalue weighted by Crippen LogP contribution is -2.46. The van der Waals surface area contributed by atoms with Crippen LogP contribution in [-0.4, -0.2) is 39.0 Å². The Morgan fingerprint density at radius 3 is 2.14 bits per heavy atom. The molecule has 4 nitrogen and oxygen atoms in total. The van der Waals surface area contributed by atoms with Crippen LogP contribution >= 0.6 is 0 Å². The van der Waals surface area contributed by atoms with Crippen molar-refractivity contribution in [3.8, 4) is 0 Å². The average molecular weight is 300 g/mol. The quantitative estimate of drug-likeness (QED) is 0.704. The van der Waals surface area contributed by atoms with Crippen LogP contribution in [0.15, 0.2) is 0 Å². The third-order valence-electron chi connectivity index (χ3n) is 5.07. The van der Waals surface area contributed by atoms with Gasteiger partial charge < -0.3 is 18.9 Å². The second-order valence-corrected chi connectivity index (χ2v) is 7.81. The smallest absolute Gasteiger partial charge is 0.162 e. The molecule has 2 saturated carbocycles. The molecule has 21 heavy (non-hydrogen) atoms. The Kier molecular flexibility index (Phi) is 5.35. The molecule has 0 aromatic rings. The van der Waals surface area contributed by atoms with E-state index in [2.05, 4.69) is 27.7 Å². The lowest BCUT2D eigenvalue weighted by atomic mass is 9.85. The molecule has 0 spiro atoms. The molecule has 4 heteroatoms. The largest absolute Gasteiger partial charge is 0.356 e. The van der Waals surface area contributed by atoms with Gasteiger partial charge in [0.05, 0.1) is 12.2 Å². The normalized spacial score (nSPS) is 38.7. The molecule has 0 amide bonds. The van der Waals surface area contributed by atoms with Crippen molar-refractivity contribution in [3.05, 3.63) is 0 Å². The summed E-state index contributed by atoms with van der Waals surface area (Å²) in [6.07, 6.45) is 2.28. The van der Waals surface area contributed by atoms with Crippen molar-refractivity contribution in [3.63, 3.8) is 0 Å². The minimum atomic E-state index is -0.210. The fraction of sp³-hybridized carbons (Fsp3) is 1.00. The van der Waals surface area contributed by atoms with Crippen LogP contribution in [0.2, 0.25) is 0 Å². The molecule has 2 bridgehead atoms. The molecule has 2 fully saturated rings. The summed E-state index contributed by atoms with van der Waals surface area (Å²) in [5.74, 6) is 1.87. The Morgan fingerprint density at radius 1 is 0.952 bits per heavy atom. The first-order valence-corrected chi connectivity index (χ1v) is 8.14. The van der Waals surface area contributed by atoms with Gasteiger partial charge in [0.1, 0.15) is 0 Å². The second-order valence-electron chi connectivity index (χ2n) is 7.81. The maximum absolute atomic E-state index is 6.38. The van der Waals surface area contributed by atoms with E-state index < -0.39 is 0 Å². The number of fused-ring (bicyclic) bond motifs is 2. The maximum atomic E-state index is 6.38. The Bertz CT molecular complexity index is 338. The summed E-state index contributed by atoms with van der Waals surface area (Å²) >= 11 is 0. The van der Waals surface area contributed by atoms with Crippen molar-refractivity contribution in [2.24, 2.45) is 23.2 Å². The summed E-state index contributed by atoms with van der Waals surface area (Å²) in [4.78, 5) is 0. The third-order valence-corrected chi connectivity index (χ3v) is 5.07. The third kappa shape index (κ3) is 3.61. The van der Waals surface area contributed by atoms with E-state index in [-0.39, 0.29) is 30.2 Å². The summed E-state index contributed by atoms with van der Waals surface area (Å²) < 4.78 is 23.4. The van der Waals surface area contributed by atoms with Crippen molar-refractivity contribution >= 4 is 0 Å². The molecule has 2 aliphatic carbocycles. The average Bonchev–Trinajstić information content (AvgIpc) is 2.92. The highest BCUT2D eigenvalue weighted by Gasteiger charge is 2.54. The lowest BCUT2D eigenvalue weighted by Gasteiger charge is -2.40. The van der Waals surface area contributed by atoms with Gasteiger partial charge in [-0.15, -0.1) is 0 Å². The van der Waals surface area contributed by atoms with Crippen molar-refractivity contribution in [2.45, 2.75) is 72.2 Å². The molecule has 2 aliphatic rings. The van der Waals surface area contributed by atoms with Gasteiger partial charge in [0, 0.05) is 19.6 Å². The van der Waals surface area contributed by atoms with Gasteiger partial charge in [0.15, 0.2) is 12.6 Å². The zero-order valence-electron chi connectivity index (χ0n) is 14.6. The van der Waals surface area contributed by atoms with E-state index in [4.69, 9.17) is 18.9 Å². The summed E-state index contributed by atoms with van der Waals surface area (Å²) in [5.41, 5.74) is -0.0444. The SMILES string of the molecule is COC(C)OC1C2CC(C)C(C2)C1OC(OC)C(C)(C)C. The summed E-state index contributed by atoms with van der Waals surface area (Å²) in [6, 6.07) is 0. The topological polar surface area (TPSA) is 36.9 Å². The highest BCUT2D eigenvalue weighted by molar-refractivity contribution is 5.02. The van der Waals surface area contributed by atoms with E-state index in [1.54, 1.807) is 14.2 Å². The number of hydrogen-bond donors (Lipinski definition) is 0. The number of hydrogen-bond acceptors (Lipinski definition) is 4. The molecule has 7 unspecified atom stereocenters. The first kappa shape index (κ1) is 17.2. The van der Waals surface area contributed by atoms with Gasteiger partial charge >= 0.3 is 0 Å². The van der Waals surface area contributed by atoms with Crippen LogP contribution in [0, 0.1) is 23.2 Å².